The minimum Gasteiger partial charge on any atom is -0.462 e. The van der Waals surface area contributed by atoms with Crippen molar-refractivity contribution in [2.75, 3.05) is 20.4 Å². The highest BCUT2D eigenvalue weighted by atomic mass is 16.7. The number of hydrogen-bond acceptors (Lipinski definition) is 6. The van der Waals surface area contributed by atoms with E-state index in [9.17, 15) is 9.59 Å². The number of rotatable bonds is 9. The van der Waals surface area contributed by atoms with Crippen molar-refractivity contribution in [2.24, 2.45) is 5.92 Å². The number of nitrogens with one attached hydrogen (secondary N) is 2. The van der Waals surface area contributed by atoms with Gasteiger partial charge in [-0.05, 0) is 49.9 Å². The van der Waals surface area contributed by atoms with Crippen molar-refractivity contribution in [1.82, 2.24) is 10.6 Å². The second kappa shape index (κ2) is 10.3. The summed E-state index contributed by atoms with van der Waals surface area (Å²) in [5.41, 5.74) is 1.79. The standard InChI is InChI=1S/C22H30N2O5/c1-3-17(24-13-25)20(22(26)27-12-15-7-5-4-6-8-15)21(23-2)16-9-10-18-19(11-16)29-14-28-18/h9-11,13,15,21,23H,3-8,12,14H2,1-2H3,(H,24,25)/b20-17+. The number of hydrogen-bond donors (Lipinski definition) is 2. The number of benzene rings is 1. The average molecular weight is 402 g/mol. The van der Waals surface area contributed by atoms with Gasteiger partial charge in [-0.2, -0.15) is 0 Å². The van der Waals surface area contributed by atoms with Crippen molar-refractivity contribution in [3.63, 3.8) is 0 Å². The molecule has 7 nitrogen and oxygen atoms in total. The third kappa shape index (κ3) is 5.09. The molecule has 1 fully saturated rings. The van der Waals surface area contributed by atoms with Crippen LogP contribution in [0.5, 0.6) is 11.5 Å². The molecule has 0 bridgehead atoms. The molecule has 1 aliphatic carbocycles. The Labute approximate surface area is 171 Å². The van der Waals surface area contributed by atoms with Gasteiger partial charge in [0.1, 0.15) is 0 Å². The molecule has 1 amide bonds. The van der Waals surface area contributed by atoms with Gasteiger partial charge >= 0.3 is 5.97 Å². The number of ether oxygens (including phenoxy) is 3. The number of carbonyl (C=O) groups is 2. The van der Waals surface area contributed by atoms with E-state index in [-0.39, 0.29) is 6.79 Å². The lowest BCUT2D eigenvalue weighted by molar-refractivity contribution is -0.141. The number of esters is 1. The summed E-state index contributed by atoms with van der Waals surface area (Å²) in [6.45, 7) is 2.49. The molecule has 1 aromatic rings. The van der Waals surface area contributed by atoms with Gasteiger partial charge in [0.2, 0.25) is 13.2 Å². The summed E-state index contributed by atoms with van der Waals surface area (Å²) in [6, 6.07) is 5.11. The smallest absolute Gasteiger partial charge is 0.337 e. The Kier molecular flexibility index (Phi) is 7.52. The summed E-state index contributed by atoms with van der Waals surface area (Å²) in [5.74, 6) is 1.32. The fraction of sp³-hybridized carbons (Fsp3) is 0.545. The normalized spacial score (nSPS) is 18.0. The molecule has 1 heterocycles. The Bertz CT molecular complexity index is 756. The van der Waals surface area contributed by atoms with Crippen LogP contribution in [0.2, 0.25) is 0 Å². The monoisotopic (exact) mass is 402 g/mol. The van der Waals surface area contributed by atoms with E-state index in [1.54, 1.807) is 7.05 Å². The van der Waals surface area contributed by atoms with Crippen molar-refractivity contribution >= 4 is 12.4 Å². The van der Waals surface area contributed by atoms with Gasteiger partial charge < -0.3 is 24.8 Å². The summed E-state index contributed by atoms with van der Waals surface area (Å²) >= 11 is 0. The van der Waals surface area contributed by atoms with Gasteiger partial charge in [-0.15, -0.1) is 0 Å². The molecule has 3 rings (SSSR count). The number of carbonyl (C=O) groups excluding carboxylic acids is 2. The summed E-state index contributed by atoms with van der Waals surface area (Å²) in [6.07, 6.45) is 6.91. The summed E-state index contributed by atoms with van der Waals surface area (Å²) in [4.78, 5) is 24.3. The third-order valence-corrected chi connectivity index (χ3v) is 5.61. The molecule has 1 aliphatic heterocycles. The first-order valence-electron chi connectivity index (χ1n) is 10.3. The summed E-state index contributed by atoms with van der Waals surface area (Å²) < 4.78 is 16.6. The van der Waals surface area contributed by atoms with E-state index in [1.807, 2.05) is 25.1 Å². The van der Waals surface area contributed by atoms with Crippen molar-refractivity contribution < 1.29 is 23.8 Å². The molecule has 1 aromatic carbocycles. The predicted molar refractivity (Wildman–Crippen MR) is 108 cm³/mol. The highest BCUT2D eigenvalue weighted by molar-refractivity contribution is 5.91. The van der Waals surface area contributed by atoms with Crippen LogP contribution in [0.25, 0.3) is 0 Å². The Hall–Kier alpha value is -2.54. The highest BCUT2D eigenvalue weighted by Gasteiger charge is 2.29. The molecule has 1 saturated carbocycles. The average Bonchev–Trinajstić information content (AvgIpc) is 3.23. The molecule has 0 saturated heterocycles. The second-order valence-electron chi connectivity index (χ2n) is 7.44. The zero-order valence-corrected chi connectivity index (χ0v) is 17.2. The van der Waals surface area contributed by atoms with Crippen molar-refractivity contribution in [3.05, 3.63) is 35.0 Å². The predicted octanol–water partition coefficient (Wildman–Crippen LogP) is 3.21. The minimum absolute atomic E-state index is 0.183. The molecule has 158 valence electrons. The maximum absolute atomic E-state index is 13.1. The number of amides is 1. The Balaban J connectivity index is 1.86. The first kappa shape index (κ1) is 21.2. The largest absolute Gasteiger partial charge is 0.462 e. The molecular weight excluding hydrogens is 372 g/mol. The fourth-order valence-electron chi connectivity index (χ4n) is 4.05. The topological polar surface area (TPSA) is 85.9 Å². The van der Waals surface area contributed by atoms with Crippen molar-refractivity contribution in [3.8, 4) is 11.5 Å². The van der Waals surface area contributed by atoms with E-state index < -0.39 is 12.0 Å². The van der Waals surface area contributed by atoms with Gasteiger partial charge in [0.15, 0.2) is 11.5 Å². The molecule has 0 spiro atoms. The zero-order valence-electron chi connectivity index (χ0n) is 17.2. The van der Waals surface area contributed by atoms with Gasteiger partial charge in [0, 0.05) is 5.70 Å². The lowest BCUT2D eigenvalue weighted by Crippen LogP contribution is -2.30. The summed E-state index contributed by atoms with van der Waals surface area (Å²) in [5, 5.41) is 5.88. The molecule has 1 atom stereocenters. The lowest BCUT2D eigenvalue weighted by Gasteiger charge is -2.25. The van der Waals surface area contributed by atoms with E-state index >= 15 is 0 Å². The van der Waals surface area contributed by atoms with Crippen LogP contribution < -0.4 is 20.1 Å². The third-order valence-electron chi connectivity index (χ3n) is 5.61. The van der Waals surface area contributed by atoms with E-state index in [4.69, 9.17) is 14.2 Å². The first-order chi connectivity index (χ1) is 14.2. The fourth-order valence-corrected chi connectivity index (χ4v) is 4.05. The second-order valence-corrected chi connectivity index (χ2v) is 7.44. The Morgan fingerprint density at radius 2 is 2.00 bits per heavy atom. The van der Waals surface area contributed by atoms with Gasteiger partial charge in [-0.25, -0.2) is 4.79 Å². The van der Waals surface area contributed by atoms with Crippen LogP contribution in [-0.4, -0.2) is 32.8 Å². The van der Waals surface area contributed by atoms with Gasteiger partial charge in [-0.3, -0.25) is 4.79 Å². The maximum Gasteiger partial charge on any atom is 0.337 e. The molecule has 29 heavy (non-hydrogen) atoms. The molecule has 0 radical (unpaired) electrons. The number of fused-ring (bicyclic) bond motifs is 1. The van der Waals surface area contributed by atoms with Crippen molar-refractivity contribution in [1.29, 1.82) is 0 Å². The SMILES string of the molecule is CC/C(NC=O)=C(\C(=O)OCC1CCCCC1)C(NC)c1ccc2c(c1)OCO2. The van der Waals surface area contributed by atoms with Crippen molar-refractivity contribution in [2.45, 2.75) is 51.5 Å². The van der Waals surface area contributed by atoms with Gasteiger partial charge in [-0.1, -0.05) is 32.3 Å². The number of likely N-dealkylation sites (N-methyl/N-ethyl adjacent to an activating group) is 1. The van der Waals surface area contributed by atoms with Crippen LogP contribution in [0.4, 0.5) is 0 Å². The molecule has 1 unspecified atom stereocenters. The van der Waals surface area contributed by atoms with Crippen LogP contribution in [0.1, 0.15) is 57.1 Å². The zero-order chi connectivity index (χ0) is 20.6. The van der Waals surface area contributed by atoms with Crippen LogP contribution in [0.15, 0.2) is 29.5 Å². The van der Waals surface area contributed by atoms with E-state index in [2.05, 4.69) is 10.6 Å². The van der Waals surface area contributed by atoms with Crippen LogP contribution in [0, 0.1) is 5.92 Å². The molecule has 0 aromatic heterocycles. The first-order valence-corrected chi connectivity index (χ1v) is 10.3. The Morgan fingerprint density at radius 1 is 1.24 bits per heavy atom. The van der Waals surface area contributed by atoms with Gasteiger partial charge in [0.25, 0.3) is 0 Å². The van der Waals surface area contributed by atoms with E-state index in [1.165, 1.54) is 19.3 Å². The van der Waals surface area contributed by atoms with E-state index in [0.717, 1.165) is 18.4 Å². The van der Waals surface area contributed by atoms with Crippen LogP contribution in [0.3, 0.4) is 0 Å². The molecule has 7 heteroatoms. The minimum atomic E-state index is -0.453. The van der Waals surface area contributed by atoms with Crippen LogP contribution >= 0.6 is 0 Å². The van der Waals surface area contributed by atoms with Gasteiger partial charge in [0.05, 0.1) is 18.2 Å². The highest BCUT2D eigenvalue weighted by Crippen LogP contribution is 2.36. The maximum atomic E-state index is 13.1. The quantitative estimate of drug-likeness (QED) is 0.375. The van der Waals surface area contributed by atoms with Crippen LogP contribution in [-0.2, 0) is 14.3 Å². The number of allylic oxidation sites excluding steroid dienone is 1. The molecule has 2 N–H and O–H groups in total. The lowest BCUT2D eigenvalue weighted by atomic mass is 9.90. The molecule has 2 aliphatic rings. The molecular formula is C22H30N2O5. The summed E-state index contributed by atoms with van der Waals surface area (Å²) in [7, 11) is 1.78. The van der Waals surface area contributed by atoms with E-state index in [0.29, 0.717) is 48.1 Å². The Morgan fingerprint density at radius 3 is 2.69 bits per heavy atom.